The van der Waals surface area contributed by atoms with Crippen molar-refractivity contribution in [3.8, 4) is 0 Å². The van der Waals surface area contributed by atoms with Crippen LogP contribution < -0.4 is 5.32 Å². The van der Waals surface area contributed by atoms with Gasteiger partial charge in [0.2, 0.25) is 5.91 Å². The minimum Gasteiger partial charge on any atom is -0.355 e. The van der Waals surface area contributed by atoms with Crippen molar-refractivity contribution < 1.29 is 4.79 Å². The molecule has 1 amide bonds. The second-order valence-corrected chi connectivity index (χ2v) is 7.20. The number of nitrogens with zero attached hydrogens (tertiary/aromatic N) is 3. The van der Waals surface area contributed by atoms with Gasteiger partial charge in [-0.25, -0.2) is 0 Å². The van der Waals surface area contributed by atoms with Crippen molar-refractivity contribution in [2.24, 2.45) is 0 Å². The van der Waals surface area contributed by atoms with Gasteiger partial charge in [0.15, 0.2) is 10.8 Å². The maximum Gasteiger partial charge on any atom is 0.230 e. The number of hydrogen-bond donors (Lipinski definition) is 1. The van der Waals surface area contributed by atoms with Crippen LogP contribution in [0, 0.1) is 0 Å². The third-order valence-corrected chi connectivity index (χ3v) is 4.96. The Bertz CT molecular complexity index is 870. The summed E-state index contributed by atoms with van der Waals surface area (Å²) in [6, 6.07) is 11.8. The summed E-state index contributed by atoms with van der Waals surface area (Å²) in [5, 5.41) is 12.5. The Morgan fingerprint density at radius 1 is 1.20 bits per heavy atom. The predicted molar refractivity (Wildman–Crippen MR) is 102 cm³/mol. The van der Waals surface area contributed by atoms with Crippen LogP contribution in [-0.2, 0) is 11.2 Å². The quantitative estimate of drug-likeness (QED) is 0.487. The van der Waals surface area contributed by atoms with Crippen molar-refractivity contribution in [2.45, 2.75) is 18.0 Å². The number of thioether (sulfide) groups is 1. The lowest BCUT2D eigenvalue weighted by Crippen LogP contribution is -2.26. The number of fused-ring (bicyclic) bond motifs is 1. The highest BCUT2D eigenvalue weighted by atomic mass is 35.5. The van der Waals surface area contributed by atoms with Crippen molar-refractivity contribution >= 4 is 46.5 Å². The Balaban J connectivity index is 1.46. The first kappa shape index (κ1) is 18.0. The third kappa shape index (κ3) is 4.87. The molecule has 0 saturated carbocycles. The van der Waals surface area contributed by atoms with Gasteiger partial charge in [-0.05, 0) is 24.5 Å². The number of hydrogen-bond acceptors (Lipinski definition) is 4. The number of amides is 1. The minimum atomic E-state index is -0.0389. The van der Waals surface area contributed by atoms with Gasteiger partial charge in [-0.15, -0.1) is 10.2 Å². The standard InChI is InChI=1S/C17H16Cl2N4OS/c18-13-9-14(19)16-21-22-17(23(16)10-13)25-11-15(24)20-8-4-7-12-5-2-1-3-6-12/h1-3,5-6,9-10H,4,7-8,11H2,(H,20,24). The first-order valence-corrected chi connectivity index (χ1v) is 9.51. The lowest BCUT2D eigenvalue weighted by Gasteiger charge is -2.05. The zero-order valence-electron chi connectivity index (χ0n) is 13.3. The molecule has 0 aliphatic rings. The van der Waals surface area contributed by atoms with Crippen LogP contribution in [0.1, 0.15) is 12.0 Å². The average molecular weight is 395 g/mol. The van der Waals surface area contributed by atoms with Gasteiger partial charge in [-0.2, -0.15) is 0 Å². The SMILES string of the molecule is O=C(CSc1nnc2c(Cl)cc(Cl)cn12)NCCCc1ccccc1. The topological polar surface area (TPSA) is 59.3 Å². The molecule has 1 aromatic carbocycles. The van der Waals surface area contributed by atoms with E-state index >= 15 is 0 Å². The highest BCUT2D eigenvalue weighted by molar-refractivity contribution is 7.99. The molecular formula is C17H16Cl2N4OS. The van der Waals surface area contributed by atoms with Crippen molar-refractivity contribution in [2.75, 3.05) is 12.3 Å². The number of benzene rings is 1. The van der Waals surface area contributed by atoms with Crippen molar-refractivity contribution in [3.63, 3.8) is 0 Å². The average Bonchev–Trinajstić information content (AvgIpc) is 3.01. The van der Waals surface area contributed by atoms with Crippen LogP contribution in [0.15, 0.2) is 47.8 Å². The van der Waals surface area contributed by atoms with E-state index in [1.54, 1.807) is 16.7 Å². The largest absolute Gasteiger partial charge is 0.355 e. The summed E-state index contributed by atoms with van der Waals surface area (Å²) in [6.45, 7) is 0.645. The normalized spacial score (nSPS) is 11.0. The van der Waals surface area contributed by atoms with E-state index in [-0.39, 0.29) is 11.7 Å². The Hall–Kier alpha value is -1.76. The molecule has 0 radical (unpaired) electrons. The molecule has 5 nitrogen and oxygen atoms in total. The Labute approximate surface area is 159 Å². The van der Waals surface area contributed by atoms with E-state index in [0.29, 0.717) is 27.4 Å². The smallest absolute Gasteiger partial charge is 0.230 e. The molecule has 130 valence electrons. The molecule has 3 aromatic rings. The highest BCUT2D eigenvalue weighted by Gasteiger charge is 2.12. The predicted octanol–water partition coefficient (Wildman–Crippen LogP) is 3.88. The summed E-state index contributed by atoms with van der Waals surface area (Å²) in [5.74, 6) is 0.221. The Morgan fingerprint density at radius 2 is 2.00 bits per heavy atom. The number of aromatic nitrogens is 3. The van der Waals surface area contributed by atoms with Crippen molar-refractivity contribution in [3.05, 3.63) is 58.2 Å². The molecule has 1 N–H and O–H groups in total. The molecule has 0 fully saturated rings. The van der Waals surface area contributed by atoms with Gasteiger partial charge in [0, 0.05) is 12.7 Å². The van der Waals surface area contributed by atoms with Crippen LogP contribution in [0.25, 0.3) is 5.65 Å². The number of aryl methyl sites for hydroxylation is 1. The van der Waals surface area contributed by atoms with Crippen molar-refractivity contribution in [1.29, 1.82) is 0 Å². The molecule has 3 rings (SSSR count). The van der Waals surface area contributed by atoms with Crippen LogP contribution in [-0.4, -0.2) is 32.8 Å². The van der Waals surface area contributed by atoms with E-state index in [4.69, 9.17) is 23.2 Å². The first-order chi connectivity index (χ1) is 12.1. The number of pyridine rings is 1. The molecule has 0 atom stereocenters. The molecule has 8 heteroatoms. The van der Waals surface area contributed by atoms with Crippen LogP contribution >= 0.6 is 35.0 Å². The Morgan fingerprint density at radius 3 is 2.80 bits per heavy atom. The molecule has 0 unspecified atom stereocenters. The van der Waals surface area contributed by atoms with Crippen LogP contribution in [0.2, 0.25) is 10.0 Å². The van der Waals surface area contributed by atoms with Gasteiger partial charge in [0.05, 0.1) is 15.8 Å². The molecular weight excluding hydrogens is 379 g/mol. The van der Waals surface area contributed by atoms with Gasteiger partial charge in [0.1, 0.15) is 0 Å². The second kappa shape index (κ2) is 8.56. The number of rotatable bonds is 7. The maximum absolute atomic E-state index is 12.0. The van der Waals surface area contributed by atoms with Gasteiger partial charge < -0.3 is 5.32 Å². The van der Waals surface area contributed by atoms with E-state index < -0.39 is 0 Å². The summed E-state index contributed by atoms with van der Waals surface area (Å²) in [5.41, 5.74) is 1.80. The summed E-state index contributed by atoms with van der Waals surface area (Å²) >= 11 is 13.4. The monoisotopic (exact) mass is 394 g/mol. The van der Waals surface area contributed by atoms with E-state index in [9.17, 15) is 4.79 Å². The number of halogens is 2. The van der Waals surface area contributed by atoms with E-state index in [1.165, 1.54) is 17.3 Å². The van der Waals surface area contributed by atoms with E-state index in [2.05, 4.69) is 27.6 Å². The van der Waals surface area contributed by atoms with E-state index in [1.807, 2.05) is 18.2 Å². The summed E-state index contributed by atoms with van der Waals surface area (Å²) < 4.78 is 1.69. The summed E-state index contributed by atoms with van der Waals surface area (Å²) in [4.78, 5) is 12.0. The van der Waals surface area contributed by atoms with Crippen LogP contribution in [0.5, 0.6) is 0 Å². The lowest BCUT2D eigenvalue weighted by molar-refractivity contribution is -0.118. The fourth-order valence-corrected chi connectivity index (χ4v) is 3.60. The zero-order valence-corrected chi connectivity index (χ0v) is 15.6. The lowest BCUT2D eigenvalue weighted by atomic mass is 10.1. The maximum atomic E-state index is 12.0. The van der Waals surface area contributed by atoms with Gasteiger partial charge in [0.25, 0.3) is 0 Å². The molecule has 0 aliphatic carbocycles. The second-order valence-electron chi connectivity index (χ2n) is 5.41. The Kier molecular flexibility index (Phi) is 6.18. The molecule has 0 bridgehead atoms. The number of carbonyl (C=O) groups excluding carboxylic acids is 1. The van der Waals surface area contributed by atoms with E-state index in [0.717, 1.165) is 12.8 Å². The summed E-state index contributed by atoms with van der Waals surface area (Å²) in [6.07, 6.45) is 3.53. The van der Waals surface area contributed by atoms with Gasteiger partial charge in [-0.3, -0.25) is 9.20 Å². The van der Waals surface area contributed by atoms with Crippen molar-refractivity contribution in [1.82, 2.24) is 19.9 Å². The molecule has 0 aliphatic heterocycles. The van der Waals surface area contributed by atoms with Crippen LogP contribution in [0.3, 0.4) is 0 Å². The highest BCUT2D eigenvalue weighted by Crippen LogP contribution is 2.25. The fourth-order valence-electron chi connectivity index (χ4n) is 2.35. The molecule has 25 heavy (non-hydrogen) atoms. The molecule has 2 heterocycles. The molecule has 2 aromatic heterocycles. The minimum absolute atomic E-state index is 0.0389. The van der Waals surface area contributed by atoms with Gasteiger partial charge in [-0.1, -0.05) is 65.3 Å². The first-order valence-electron chi connectivity index (χ1n) is 7.76. The van der Waals surface area contributed by atoms with Crippen LogP contribution in [0.4, 0.5) is 0 Å². The fraction of sp³-hybridized carbons (Fsp3) is 0.235. The molecule has 0 saturated heterocycles. The van der Waals surface area contributed by atoms with Gasteiger partial charge >= 0.3 is 0 Å². The number of nitrogens with one attached hydrogen (secondary N) is 1. The zero-order chi connectivity index (χ0) is 17.6. The molecule has 0 spiro atoms. The summed E-state index contributed by atoms with van der Waals surface area (Å²) in [7, 11) is 0. The third-order valence-electron chi connectivity index (χ3n) is 3.53. The number of carbonyl (C=O) groups is 1.